The number of amides is 1. The SMILES string of the molecule is C[C@H](c1ccccn1)N(CC(N)=O)Cc1ccccc1. The highest BCUT2D eigenvalue weighted by Crippen LogP contribution is 2.20. The van der Waals surface area contributed by atoms with Crippen LogP contribution in [0.15, 0.2) is 54.7 Å². The van der Waals surface area contributed by atoms with Crippen molar-refractivity contribution in [2.75, 3.05) is 6.54 Å². The lowest BCUT2D eigenvalue weighted by Crippen LogP contribution is -2.35. The second-order valence-corrected chi connectivity index (χ2v) is 4.79. The Bertz CT molecular complexity index is 542. The molecule has 2 aromatic rings. The second-order valence-electron chi connectivity index (χ2n) is 4.79. The largest absolute Gasteiger partial charge is 0.369 e. The summed E-state index contributed by atoms with van der Waals surface area (Å²) in [5.41, 5.74) is 7.45. The first-order valence-electron chi connectivity index (χ1n) is 6.64. The number of hydrogen-bond acceptors (Lipinski definition) is 3. The third-order valence-corrected chi connectivity index (χ3v) is 3.25. The third-order valence-electron chi connectivity index (χ3n) is 3.25. The number of nitrogens with zero attached hydrogens (tertiary/aromatic N) is 2. The van der Waals surface area contributed by atoms with Crippen LogP contribution >= 0.6 is 0 Å². The molecule has 1 amide bonds. The minimum Gasteiger partial charge on any atom is -0.369 e. The minimum atomic E-state index is -0.330. The van der Waals surface area contributed by atoms with Crippen molar-refractivity contribution in [2.24, 2.45) is 5.73 Å². The Morgan fingerprint density at radius 2 is 1.90 bits per heavy atom. The molecule has 2 rings (SSSR count). The smallest absolute Gasteiger partial charge is 0.231 e. The number of hydrogen-bond donors (Lipinski definition) is 1. The summed E-state index contributed by atoms with van der Waals surface area (Å²) in [6, 6.07) is 15.9. The standard InChI is InChI=1S/C16H19N3O/c1-13(15-9-5-6-10-18-15)19(12-16(17)20)11-14-7-3-2-4-8-14/h2-10,13H,11-12H2,1H3,(H2,17,20)/t13-/m1/s1. The van der Waals surface area contributed by atoms with E-state index in [1.54, 1.807) is 6.20 Å². The molecule has 0 aliphatic carbocycles. The Kier molecular flexibility index (Phi) is 4.85. The van der Waals surface area contributed by atoms with Gasteiger partial charge in [0.15, 0.2) is 0 Å². The second kappa shape index (κ2) is 6.82. The summed E-state index contributed by atoms with van der Waals surface area (Å²) in [5.74, 6) is -0.330. The number of benzene rings is 1. The van der Waals surface area contributed by atoms with Crippen LogP contribution in [0.5, 0.6) is 0 Å². The van der Waals surface area contributed by atoms with E-state index in [0.29, 0.717) is 6.54 Å². The van der Waals surface area contributed by atoms with Crippen molar-refractivity contribution in [1.82, 2.24) is 9.88 Å². The van der Waals surface area contributed by atoms with Crippen molar-refractivity contribution in [3.8, 4) is 0 Å². The molecule has 0 aliphatic heterocycles. The zero-order valence-electron chi connectivity index (χ0n) is 11.6. The van der Waals surface area contributed by atoms with Gasteiger partial charge in [0.2, 0.25) is 5.91 Å². The molecule has 0 radical (unpaired) electrons. The molecule has 1 aromatic carbocycles. The highest BCUT2D eigenvalue weighted by Gasteiger charge is 2.18. The average molecular weight is 269 g/mol. The summed E-state index contributed by atoms with van der Waals surface area (Å²) < 4.78 is 0. The van der Waals surface area contributed by atoms with Crippen molar-refractivity contribution in [3.63, 3.8) is 0 Å². The highest BCUT2D eigenvalue weighted by atomic mass is 16.1. The molecule has 0 spiro atoms. The van der Waals surface area contributed by atoms with Gasteiger partial charge in [-0.05, 0) is 24.6 Å². The number of primary amides is 1. The maximum Gasteiger partial charge on any atom is 0.231 e. The average Bonchev–Trinajstić information content (AvgIpc) is 2.47. The fourth-order valence-corrected chi connectivity index (χ4v) is 2.16. The summed E-state index contributed by atoms with van der Waals surface area (Å²) in [7, 11) is 0. The maximum atomic E-state index is 11.3. The minimum absolute atomic E-state index is 0.0314. The summed E-state index contributed by atoms with van der Waals surface area (Å²) in [4.78, 5) is 17.7. The van der Waals surface area contributed by atoms with Crippen LogP contribution in [0.1, 0.15) is 24.2 Å². The zero-order valence-corrected chi connectivity index (χ0v) is 11.6. The lowest BCUT2D eigenvalue weighted by atomic mass is 10.1. The Labute approximate surface area is 119 Å². The molecule has 0 saturated carbocycles. The topological polar surface area (TPSA) is 59.2 Å². The fourth-order valence-electron chi connectivity index (χ4n) is 2.16. The lowest BCUT2D eigenvalue weighted by Gasteiger charge is -2.27. The molecular weight excluding hydrogens is 250 g/mol. The predicted octanol–water partition coefficient (Wildman–Crippen LogP) is 2.13. The predicted molar refractivity (Wildman–Crippen MR) is 78.7 cm³/mol. The quantitative estimate of drug-likeness (QED) is 0.874. The van der Waals surface area contributed by atoms with Crippen LogP contribution in [-0.2, 0) is 11.3 Å². The van der Waals surface area contributed by atoms with E-state index in [9.17, 15) is 4.79 Å². The molecule has 0 bridgehead atoms. The van der Waals surface area contributed by atoms with Gasteiger partial charge in [-0.25, -0.2) is 0 Å². The van der Waals surface area contributed by atoms with Crippen molar-refractivity contribution >= 4 is 5.91 Å². The van der Waals surface area contributed by atoms with E-state index in [2.05, 4.69) is 4.98 Å². The normalized spacial score (nSPS) is 12.3. The Hall–Kier alpha value is -2.20. The van der Waals surface area contributed by atoms with Crippen molar-refractivity contribution in [1.29, 1.82) is 0 Å². The molecule has 0 aliphatic rings. The number of aromatic nitrogens is 1. The molecule has 0 saturated heterocycles. The molecule has 20 heavy (non-hydrogen) atoms. The van der Waals surface area contributed by atoms with Crippen molar-refractivity contribution < 1.29 is 4.79 Å². The van der Waals surface area contributed by atoms with E-state index in [-0.39, 0.29) is 18.5 Å². The Morgan fingerprint density at radius 3 is 2.50 bits per heavy atom. The van der Waals surface area contributed by atoms with Crippen LogP contribution in [-0.4, -0.2) is 22.3 Å². The van der Waals surface area contributed by atoms with Gasteiger partial charge in [0.1, 0.15) is 0 Å². The molecular formula is C16H19N3O. The molecule has 2 N–H and O–H groups in total. The Balaban J connectivity index is 2.17. The van der Waals surface area contributed by atoms with E-state index < -0.39 is 0 Å². The van der Waals surface area contributed by atoms with Crippen molar-refractivity contribution in [3.05, 3.63) is 66.0 Å². The molecule has 4 nitrogen and oxygen atoms in total. The number of carbonyl (C=O) groups excluding carboxylic acids is 1. The summed E-state index contributed by atoms with van der Waals surface area (Å²) >= 11 is 0. The third kappa shape index (κ3) is 3.90. The van der Waals surface area contributed by atoms with E-state index in [4.69, 9.17) is 5.73 Å². The van der Waals surface area contributed by atoms with Gasteiger partial charge in [-0.3, -0.25) is 14.7 Å². The highest BCUT2D eigenvalue weighted by molar-refractivity contribution is 5.76. The Morgan fingerprint density at radius 1 is 1.20 bits per heavy atom. The monoisotopic (exact) mass is 269 g/mol. The first kappa shape index (κ1) is 14.2. The van der Waals surface area contributed by atoms with Gasteiger partial charge in [-0.1, -0.05) is 36.4 Å². The van der Waals surface area contributed by atoms with Crippen molar-refractivity contribution in [2.45, 2.75) is 19.5 Å². The zero-order chi connectivity index (χ0) is 14.4. The molecule has 104 valence electrons. The molecule has 4 heteroatoms. The van der Waals surface area contributed by atoms with E-state index in [1.807, 2.05) is 60.4 Å². The fraction of sp³-hybridized carbons (Fsp3) is 0.250. The van der Waals surface area contributed by atoms with Gasteiger partial charge in [0.25, 0.3) is 0 Å². The van der Waals surface area contributed by atoms with Crippen LogP contribution in [0, 0.1) is 0 Å². The molecule has 1 heterocycles. The van der Waals surface area contributed by atoms with Gasteiger partial charge in [-0.2, -0.15) is 0 Å². The lowest BCUT2D eigenvalue weighted by molar-refractivity contribution is -0.119. The van der Waals surface area contributed by atoms with Gasteiger partial charge in [-0.15, -0.1) is 0 Å². The first-order valence-corrected chi connectivity index (χ1v) is 6.64. The van der Waals surface area contributed by atoms with Crippen LogP contribution in [0.4, 0.5) is 0 Å². The number of nitrogens with two attached hydrogens (primary N) is 1. The van der Waals surface area contributed by atoms with Crippen LogP contribution in [0.25, 0.3) is 0 Å². The summed E-state index contributed by atoms with van der Waals surface area (Å²) in [5, 5.41) is 0. The van der Waals surface area contributed by atoms with Gasteiger partial charge >= 0.3 is 0 Å². The maximum absolute atomic E-state index is 11.3. The van der Waals surface area contributed by atoms with E-state index in [0.717, 1.165) is 11.3 Å². The van der Waals surface area contributed by atoms with E-state index in [1.165, 1.54) is 0 Å². The first-order chi connectivity index (χ1) is 9.66. The van der Waals surface area contributed by atoms with E-state index >= 15 is 0 Å². The molecule has 0 fully saturated rings. The van der Waals surface area contributed by atoms with Gasteiger partial charge in [0.05, 0.1) is 18.3 Å². The van der Waals surface area contributed by atoms with Crippen LogP contribution in [0.3, 0.4) is 0 Å². The number of rotatable bonds is 6. The molecule has 1 aromatic heterocycles. The van der Waals surface area contributed by atoms with Crippen LogP contribution < -0.4 is 5.73 Å². The van der Waals surface area contributed by atoms with Gasteiger partial charge < -0.3 is 5.73 Å². The van der Waals surface area contributed by atoms with Crippen LogP contribution in [0.2, 0.25) is 0 Å². The molecule has 1 atom stereocenters. The summed E-state index contributed by atoms with van der Waals surface area (Å²) in [6.45, 7) is 2.92. The molecule has 0 unspecified atom stereocenters. The number of carbonyl (C=O) groups is 1. The summed E-state index contributed by atoms with van der Waals surface area (Å²) in [6.07, 6.45) is 1.76. The van der Waals surface area contributed by atoms with Gasteiger partial charge in [0, 0.05) is 12.7 Å². The number of pyridine rings is 1.